The summed E-state index contributed by atoms with van der Waals surface area (Å²) in [7, 11) is 0. The molecule has 0 amide bonds. The normalized spacial score (nSPS) is 12.5. The fourth-order valence-corrected chi connectivity index (χ4v) is 1.02. The van der Waals surface area contributed by atoms with Crippen molar-refractivity contribution in [2.24, 2.45) is 0 Å². The Balaban J connectivity index is 2.89. The minimum absolute atomic E-state index is 0.365. The highest BCUT2D eigenvalue weighted by Gasteiger charge is 2.08. The van der Waals surface area contributed by atoms with Crippen molar-refractivity contribution in [2.75, 3.05) is 0 Å². The Labute approximate surface area is 76.0 Å². The Hall–Kier alpha value is -1.35. The predicted octanol–water partition coefficient (Wildman–Crippen LogP) is 2.14. The van der Waals surface area contributed by atoms with Crippen molar-refractivity contribution in [3.63, 3.8) is 0 Å². The molecule has 0 aliphatic carbocycles. The number of phenolic OH excluding ortho intramolecular Hbond substituents is 1. The number of benzene rings is 1. The van der Waals surface area contributed by atoms with Gasteiger partial charge in [-0.2, -0.15) is 0 Å². The molecule has 1 atom stereocenters. The molecule has 0 radical (unpaired) electrons. The van der Waals surface area contributed by atoms with E-state index in [-0.39, 0.29) is 0 Å². The Morgan fingerprint density at radius 2 is 2.23 bits per heavy atom. The summed E-state index contributed by atoms with van der Waals surface area (Å²) in [6, 6.07) is 3.81. The molecular weight excluding hydrogens is 171 g/mol. The summed E-state index contributed by atoms with van der Waals surface area (Å²) in [5, 5.41) is 18.3. The van der Waals surface area contributed by atoms with Crippen LogP contribution in [-0.2, 0) is 0 Å². The lowest BCUT2D eigenvalue weighted by Crippen LogP contribution is -1.95. The van der Waals surface area contributed by atoms with Gasteiger partial charge in [-0.3, -0.25) is 0 Å². The molecule has 13 heavy (non-hydrogen) atoms. The molecule has 2 N–H and O–H groups in total. The van der Waals surface area contributed by atoms with Crippen molar-refractivity contribution >= 4 is 0 Å². The highest BCUT2D eigenvalue weighted by atomic mass is 19.1. The summed E-state index contributed by atoms with van der Waals surface area (Å²) >= 11 is 0. The van der Waals surface area contributed by atoms with Crippen LogP contribution in [0.3, 0.4) is 0 Å². The predicted molar refractivity (Wildman–Crippen MR) is 47.8 cm³/mol. The molecule has 0 aliphatic rings. The van der Waals surface area contributed by atoms with Crippen LogP contribution in [0.1, 0.15) is 18.1 Å². The number of aromatic hydroxyl groups is 1. The SMILES string of the molecule is C=CC[C@H](O)c1ccc(O)c(F)c1. The summed E-state index contributed by atoms with van der Waals surface area (Å²) < 4.78 is 12.8. The number of hydrogen-bond acceptors (Lipinski definition) is 2. The van der Waals surface area contributed by atoms with E-state index < -0.39 is 17.7 Å². The molecule has 0 saturated carbocycles. The van der Waals surface area contributed by atoms with Gasteiger partial charge in [0.2, 0.25) is 0 Å². The van der Waals surface area contributed by atoms with Crippen LogP contribution < -0.4 is 0 Å². The second kappa shape index (κ2) is 4.05. The lowest BCUT2D eigenvalue weighted by molar-refractivity contribution is 0.181. The average Bonchev–Trinajstić information content (AvgIpc) is 2.10. The van der Waals surface area contributed by atoms with Crippen molar-refractivity contribution in [1.29, 1.82) is 0 Å². The molecule has 0 aromatic heterocycles. The van der Waals surface area contributed by atoms with Gasteiger partial charge in [-0.1, -0.05) is 12.1 Å². The maximum atomic E-state index is 12.8. The first-order chi connectivity index (χ1) is 6.15. The molecule has 0 bridgehead atoms. The van der Waals surface area contributed by atoms with Crippen molar-refractivity contribution in [2.45, 2.75) is 12.5 Å². The van der Waals surface area contributed by atoms with E-state index in [0.29, 0.717) is 12.0 Å². The molecule has 3 heteroatoms. The molecule has 0 heterocycles. The van der Waals surface area contributed by atoms with Crippen molar-refractivity contribution < 1.29 is 14.6 Å². The number of rotatable bonds is 3. The van der Waals surface area contributed by atoms with Crippen molar-refractivity contribution in [3.05, 3.63) is 42.2 Å². The van der Waals surface area contributed by atoms with Gasteiger partial charge in [0.15, 0.2) is 11.6 Å². The highest BCUT2D eigenvalue weighted by molar-refractivity contribution is 5.29. The van der Waals surface area contributed by atoms with E-state index >= 15 is 0 Å². The molecule has 0 saturated heterocycles. The van der Waals surface area contributed by atoms with Crippen LogP contribution in [0.4, 0.5) is 4.39 Å². The Morgan fingerprint density at radius 3 is 2.77 bits per heavy atom. The Kier molecular flexibility index (Phi) is 3.03. The molecule has 1 aromatic rings. The number of phenols is 1. The third kappa shape index (κ3) is 2.29. The van der Waals surface area contributed by atoms with E-state index in [1.54, 1.807) is 6.08 Å². The molecule has 1 rings (SSSR count). The van der Waals surface area contributed by atoms with Crippen molar-refractivity contribution in [1.82, 2.24) is 0 Å². The van der Waals surface area contributed by atoms with Crippen LogP contribution in [-0.4, -0.2) is 10.2 Å². The van der Waals surface area contributed by atoms with Gasteiger partial charge in [0.25, 0.3) is 0 Å². The van der Waals surface area contributed by atoms with E-state index in [4.69, 9.17) is 5.11 Å². The molecule has 0 unspecified atom stereocenters. The number of aliphatic hydroxyl groups excluding tert-OH is 1. The zero-order valence-corrected chi connectivity index (χ0v) is 7.07. The molecule has 0 spiro atoms. The number of aliphatic hydroxyl groups is 1. The second-order valence-corrected chi connectivity index (χ2v) is 2.75. The van der Waals surface area contributed by atoms with Crippen LogP contribution in [0.15, 0.2) is 30.9 Å². The molecule has 0 fully saturated rings. The first-order valence-electron chi connectivity index (χ1n) is 3.92. The van der Waals surface area contributed by atoms with E-state index in [1.807, 2.05) is 0 Å². The summed E-state index contributed by atoms with van der Waals surface area (Å²) in [4.78, 5) is 0. The van der Waals surface area contributed by atoms with Gasteiger partial charge in [-0.15, -0.1) is 6.58 Å². The van der Waals surface area contributed by atoms with E-state index in [0.717, 1.165) is 6.07 Å². The van der Waals surface area contributed by atoms with Crippen LogP contribution in [0, 0.1) is 5.82 Å². The molecule has 0 aliphatic heterocycles. The van der Waals surface area contributed by atoms with E-state index in [9.17, 15) is 9.50 Å². The largest absolute Gasteiger partial charge is 0.505 e. The Morgan fingerprint density at radius 1 is 1.54 bits per heavy atom. The van der Waals surface area contributed by atoms with Crippen molar-refractivity contribution in [3.8, 4) is 5.75 Å². The van der Waals surface area contributed by atoms with Crippen LogP contribution >= 0.6 is 0 Å². The first-order valence-corrected chi connectivity index (χ1v) is 3.92. The Bertz CT molecular complexity index is 310. The van der Waals surface area contributed by atoms with Gasteiger partial charge in [-0.05, 0) is 24.1 Å². The van der Waals surface area contributed by atoms with Gasteiger partial charge >= 0.3 is 0 Å². The van der Waals surface area contributed by atoms with Crippen LogP contribution in [0.25, 0.3) is 0 Å². The summed E-state index contributed by atoms with van der Waals surface area (Å²) in [5.41, 5.74) is 0.440. The third-order valence-corrected chi connectivity index (χ3v) is 1.75. The van der Waals surface area contributed by atoms with E-state index in [1.165, 1.54) is 12.1 Å². The summed E-state index contributed by atoms with van der Waals surface area (Å²) in [6.07, 6.45) is 1.16. The molecular formula is C10H11FO2. The highest BCUT2D eigenvalue weighted by Crippen LogP contribution is 2.22. The second-order valence-electron chi connectivity index (χ2n) is 2.75. The molecule has 1 aromatic carbocycles. The van der Waals surface area contributed by atoms with Crippen LogP contribution in [0.5, 0.6) is 5.75 Å². The summed E-state index contributed by atoms with van der Waals surface area (Å²) in [6.45, 7) is 3.46. The quantitative estimate of drug-likeness (QED) is 0.703. The monoisotopic (exact) mass is 182 g/mol. The van der Waals surface area contributed by atoms with Gasteiger partial charge in [0.1, 0.15) is 0 Å². The lowest BCUT2D eigenvalue weighted by Gasteiger charge is -2.08. The minimum Gasteiger partial charge on any atom is -0.505 e. The maximum absolute atomic E-state index is 12.8. The standard InChI is InChI=1S/C10H11FO2/c1-2-3-9(12)7-4-5-10(13)8(11)6-7/h2,4-6,9,12-13H,1,3H2/t9-/m0/s1. The van der Waals surface area contributed by atoms with Crippen LogP contribution in [0.2, 0.25) is 0 Å². The topological polar surface area (TPSA) is 40.5 Å². The molecule has 2 nitrogen and oxygen atoms in total. The van der Waals surface area contributed by atoms with E-state index in [2.05, 4.69) is 6.58 Å². The van der Waals surface area contributed by atoms with Gasteiger partial charge in [-0.25, -0.2) is 4.39 Å². The van der Waals surface area contributed by atoms with Gasteiger partial charge in [0.05, 0.1) is 6.10 Å². The fourth-order valence-electron chi connectivity index (χ4n) is 1.02. The molecule has 70 valence electrons. The minimum atomic E-state index is -0.757. The average molecular weight is 182 g/mol. The third-order valence-electron chi connectivity index (χ3n) is 1.75. The smallest absolute Gasteiger partial charge is 0.165 e. The fraction of sp³-hybridized carbons (Fsp3) is 0.200. The first kappa shape index (κ1) is 9.74. The number of halogens is 1. The zero-order chi connectivity index (χ0) is 9.84. The van der Waals surface area contributed by atoms with Gasteiger partial charge in [0, 0.05) is 0 Å². The summed E-state index contributed by atoms with van der Waals surface area (Å²) in [5.74, 6) is -1.13. The number of hydrogen-bond donors (Lipinski definition) is 2. The van der Waals surface area contributed by atoms with Gasteiger partial charge < -0.3 is 10.2 Å². The lowest BCUT2D eigenvalue weighted by atomic mass is 10.1. The zero-order valence-electron chi connectivity index (χ0n) is 7.07. The maximum Gasteiger partial charge on any atom is 0.165 e.